The van der Waals surface area contributed by atoms with Crippen LogP contribution in [0.25, 0.3) is 0 Å². The largest absolute Gasteiger partial charge is 0.453 e. The van der Waals surface area contributed by atoms with Crippen LogP contribution >= 0.6 is 0 Å². The summed E-state index contributed by atoms with van der Waals surface area (Å²) in [5, 5.41) is 2.61. The first-order chi connectivity index (χ1) is 13.7. The molecule has 0 spiro atoms. The number of esters is 1. The number of benzene rings is 2. The van der Waals surface area contributed by atoms with Crippen molar-refractivity contribution in [2.24, 2.45) is 0 Å². The molecule has 0 unspecified atom stereocenters. The maximum absolute atomic E-state index is 12.2. The average Bonchev–Trinajstić information content (AvgIpc) is 2.68. The van der Waals surface area contributed by atoms with Crippen molar-refractivity contribution in [1.29, 1.82) is 0 Å². The topological polar surface area (TPSA) is 89.5 Å². The molecule has 0 saturated carbocycles. The minimum absolute atomic E-state index is 0.0102. The second kappa shape index (κ2) is 9.78. The molecule has 0 saturated heterocycles. The predicted molar refractivity (Wildman–Crippen MR) is 110 cm³/mol. The maximum atomic E-state index is 12.2. The fourth-order valence-electron chi connectivity index (χ4n) is 2.64. The van der Waals surface area contributed by atoms with Gasteiger partial charge in [0.2, 0.25) is 0 Å². The van der Waals surface area contributed by atoms with Gasteiger partial charge in [-0.05, 0) is 57.0 Å². The third-order valence-corrected chi connectivity index (χ3v) is 4.60. The smallest absolute Gasteiger partial charge is 0.307 e. The number of carbonyl (C=O) groups excluding carboxylic acids is 4. The van der Waals surface area contributed by atoms with E-state index in [0.717, 1.165) is 11.1 Å². The van der Waals surface area contributed by atoms with E-state index in [0.29, 0.717) is 16.8 Å². The number of ether oxygens (including phenoxy) is 1. The number of Topliss-reactive ketones (excluding diaryl/α,β-unsaturated/α-hetero) is 2. The van der Waals surface area contributed by atoms with Crippen LogP contribution < -0.4 is 5.32 Å². The van der Waals surface area contributed by atoms with Gasteiger partial charge in [0.05, 0.1) is 6.42 Å². The number of aryl methyl sites for hydroxylation is 2. The number of hydrogen-bond acceptors (Lipinski definition) is 5. The highest BCUT2D eigenvalue weighted by atomic mass is 16.5. The molecule has 6 heteroatoms. The minimum Gasteiger partial charge on any atom is -0.453 e. The van der Waals surface area contributed by atoms with Crippen LogP contribution in [0, 0.1) is 13.8 Å². The van der Waals surface area contributed by atoms with Gasteiger partial charge in [-0.1, -0.05) is 24.3 Å². The molecular weight excluding hydrogens is 370 g/mol. The van der Waals surface area contributed by atoms with Gasteiger partial charge in [0.15, 0.2) is 17.7 Å². The van der Waals surface area contributed by atoms with Gasteiger partial charge in [-0.3, -0.25) is 19.2 Å². The van der Waals surface area contributed by atoms with Crippen molar-refractivity contribution in [3.63, 3.8) is 0 Å². The van der Waals surface area contributed by atoms with Crippen molar-refractivity contribution in [3.05, 3.63) is 64.7 Å². The fraction of sp³-hybridized carbons (Fsp3) is 0.304. The van der Waals surface area contributed by atoms with E-state index in [1.807, 2.05) is 19.9 Å². The summed E-state index contributed by atoms with van der Waals surface area (Å²) < 4.78 is 5.12. The number of carbonyl (C=O) groups is 4. The van der Waals surface area contributed by atoms with Crippen LogP contribution in [0.5, 0.6) is 0 Å². The molecule has 0 aromatic heterocycles. The number of hydrogen-bond donors (Lipinski definition) is 1. The van der Waals surface area contributed by atoms with Gasteiger partial charge in [0.25, 0.3) is 5.91 Å². The summed E-state index contributed by atoms with van der Waals surface area (Å²) in [5.74, 6) is -1.40. The molecule has 2 rings (SSSR count). The van der Waals surface area contributed by atoms with Crippen LogP contribution in [0.3, 0.4) is 0 Å². The lowest BCUT2D eigenvalue weighted by Crippen LogP contribution is -2.30. The number of amides is 1. The van der Waals surface area contributed by atoms with Gasteiger partial charge in [-0.2, -0.15) is 0 Å². The zero-order chi connectivity index (χ0) is 21.6. The minimum atomic E-state index is -1.03. The normalized spacial score (nSPS) is 11.4. The molecule has 29 heavy (non-hydrogen) atoms. The van der Waals surface area contributed by atoms with Crippen LogP contribution in [0.1, 0.15) is 58.5 Å². The van der Waals surface area contributed by atoms with E-state index in [4.69, 9.17) is 4.74 Å². The van der Waals surface area contributed by atoms with Crippen molar-refractivity contribution in [2.45, 2.75) is 46.6 Å². The molecule has 0 bridgehead atoms. The molecule has 2 aromatic carbocycles. The van der Waals surface area contributed by atoms with E-state index in [1.165, 1.54) is 13.8 Å². The quantitative estimate of drug-likeness (QED) is 0.538. The summed E-state index contributed by atoms with van der Waals surface area (Å²) in [4.78, 5) is 47.9. The van der Waals surface area contributed by atoms with Crippen LogP contribution in [0.4, 0.5) is 5.69 Å². The molecule has 0 aliphatic carbocycles. The molecule has 2 aromatic rings. The van der Waals surface area contributed by atoms with E-state index in [1.54, 1.807) is 36.4 Å². The van der Waals surface area contributed by atoms with Gasteiger partial charge in [0, 0.05) is 23.2 Å². The average molecular weight is 395 g/mol. The Labute approximate surface area is 170 Å². The molecule has 0 radical (unpaired) electrons. The van der Waals surface area contributed by atoms with Crippen molar-refractivity contribution < 1.29 is 23.9 Å². The molecule has 152 valence electrons. The Balaban J connectivity index is 1.85. The second-order valence-corrected chi connectivity index (χ2v) is 6.98. The molecule has 1 N–H and O–H groups in total. The first kappa shape index (κ1) is 22.0. The van der Waals surface area contributed by atoms with E-state index in [2.05, 4.69) is 5.32 Å². The number of rotatable bonds is 8. The standard InChI is InChI=1S/C23H25NO5/c1-14-8-9-19(12-15(14)2)21(26)10-11-22(27)29-17(4)23(28)24-20-7-5-6-18(13-20)16(3)25/h5-9,12-13,17H,10-11H2,1-4H3,(H,24,28)/t17-/m1/s1. The number of anilines is 1. The molecule has 0 aliphatic heterocycles. The Morgan fingerprint density at radius 3 is 2.31 bits per heavy atom. The van der Waals surface area contributed by atoms with Crippen LogP contribution in [0.15, 0.2) is 42.5 Å². The van der Waals surface area contributed by atoms with Gasteiger partial charge in [-0.25, -0.2) is 0 Å². The summed E-state index contributed by atoms with van der Waals surface area (Å²) in [5.41, 5.74) is 3.57. The van der Waals surface area contributed by atoms with Crippen LogP contribution in [0.2, 0.25) is 0 Å². The lowest BCUT2D eigenvalue weighted by atomic mass is 10.0. The summed E-state index contributed by atoms with van der Waals surface area (Å²) in [6, 6.07) is 11.9. The lowest BCUT2D eigenvalue weighted by molar-refractivity contribution is -0.153. The van der Waals surface area contributed by atoms with E-state index in [9.17, 15) is 19.2 Å². The fourth-order valence-corrected chi connectivity index (χ4v) is 2.64. The highest BCUT2D eigenvalue weighted by Gasteiger charge is 2.19. The third kappa shape index (κ3) is 6.38. The summed E-state index contributed by atoms with van der Waals surface area (Å²) >= 11 is 0. The summed E-state index contributed by atoms with van der Waals surface area (Å²) in [6.07, 6.45) is -1.13. The summed E-state index contributed by atoms with van der Waals surface area (Å²) in [7, 11) is 0. The van der Waals surface area contributed by atoms with Gasteiger partial charge in [-0.15, -0.1) is 0 Å². The molecule has 1 atom stereocenters. The molecule has 0 fully saturated rings. The summed E-state index contributed by atoms with van der Waals surface area (Å²) in [6.45, 7) is 6.77. The predicted octanol–water partition coefficient (Wildman–Crippen LogP) is 4.04. The number of nitrogens with one attached hydrogen (secondary N) is 1. The molecule has 0 aliphatic rings. The Bertz CT molecular complexity index is 948. The van der Waals surface area contributed by atoms with E-state index >= 15 is 0 Å². The lowest BCUT2D eigenvalue weighted by Gasteiger charge is -2.14. The van der Waals surface area contributed by atoms with Gasteiger partial charge >= 0.3 is 5.97 Å². The Morgan fingerprint density at radius 2 is 1.66 bits per heavy atom. The monoisotopic (exact) mass is 395 g/mol. The molecular formula is C23H25NO5. The van der Waals surface area contributed by atoms with Crippen molar-refractivity contribution in [1.82, 2.24) is 0 Å². The molecule has 1 amide bonds. The first-order valence-electron chi connectivity index (χ1n) is 9.39. The first-order valence-corrected chi connectivity index (χ1v) is 9.39. The molecule has 6 nitrogen and oxygen atoms in total. The van der Waals surface area contributed by atoms with Crippen molar-refractivity contribution >= 4 is 29.1 Å². The van der Waals surface area contributed by atoms with Crippen molar-refractivity contribution in [2.75, 3.05) is 5.32 Å². The zero-order valence-electron chi connectivity index (χ0n) is 17.1. The SMILES string of the molecule is CC(=O)c1cccc(NC(=O)[C@@H](C)OC(=O)CCC(=O)c2ccc(C)c(C)c2)c1. The van der Waals surface area contributed by atoms with E-state index < -0.39 is 18.0 Å². The maximum Gasteiger partial charge on any atom is 0.307 e. The highest BCUT2D eigenvalue weighted by Crippen LogP contribution is 2.14. The van der Waals surface area contributed by atoms with Gasteiger partial charge < -0.3 is 10.1 Å². The Kier molecular flexibility index (Phi) is 7.42. The van der Waals surface area contributed by atoms with Gasteiger partial charge in [0.1, 0.15) is 0 Å². The van der Waals surface area contributed by atoms with E-state index in [-0.39, 0.29) is 24.4 Å². The highest BCUT2D eigenvalue weighted by molar-refractivity contribution is 5.99. The number of ketones is 2. The third-order valence-electron chi connectivity index (χ3n) is 4.60. The molecule has 0 heterocycles. The van der Waals surface area contributed by atoms with Crippen LogP contribution in [-0.4, -0.2) is 29.5 Å². The Morgan fingerprint density at radius 1 is 0.931 bits per heavy atom. The second-order valence-electron chi connectivity index (χ2n) is 6.98. The zero-order valence-corrected chi connectivity index (χ0v) is 17.1. The van der Waals surface area contributed by atoms with Crippen molar-refractivity contribution in [3.8, 4) is 0 Å². The Hall–Kier alpha value is -3.28. The van der Waals surface area contributed by atoms with Crippen LogP contribution in [-0.2, 0) is 14.3 Å².